The molecule has 0 bridgehead atoms. The van der Waals surface area contributed by atoms with Crippen LogP contribution < -0.4 is 4.74 Å². The Hall–Kier alpha value is -2.02. The molecule has 1 aromatic heterocycles. The highest BCUT2D eigenvalue weighted by Crippen LogP contribution is 2.27. The smallest absolute Gasteiger partial charge is 0.310 e. The van der Waals surface area contributed by atoms with Crippen molar-refractivity contribution in [2.75, 3.05) is 12.4 Å². The zero-order chi connectivity index (χ0) is 17.7. The second-order valence-electron chi connectivity index (χ2n) is 5.99. The van der Waals surface area contributed by atoms with Gasteiger partial charge in [0.25, 0.3) is 0 Å². The molecule has 0 spiro atoms. The van der Waals surface area contributed by atoms with Crippen molar-refractivity contribution in [3.8, 4) is 5.75 Å². The molecule has 1 aromatic carbocycles. The van der Waals surface area contributed by atoms with Crippen molar-refractivity contribution in [2.45, 2.75) is 39.4 Å². The van der Waals surface area contributed by atoms with Gasteiger partial charge in [-0.2, -0.15) is 0 Å². The number of nitrogens with zero attached hydrogens (tertiary/aromatic N) is 3. The first-order valence-electron chi connectivity index (χ1n) is 7.93. The first kappa shape index (κ1) is 18.3. The van der Waals surface area contributed by atoms with Gasteiger partial charge in [-0.05, 0) is 25.8 Å². The van der Waals surface area contributed by atoms with Gasteiger partial charge in [0.2, 0.25) is 0 Å². The number of imidazole rings is 1. The van der Waals surface area contributed by atoms with Crippen molar-refractivity contribution in [2.24, 2.45) is 5.92 Å². The molecule has 0 N–H and O–H groups in total. The van der Waals surface area contributed by atoms with Gasteiger partial charge in [-0.15, -0.1) is 0 Å². The van der Waals surface area contributed by atoms with Crippen LogP contribution in [0.25, 0.3) is 0 Å². The summed E-state index contributed by atoms with van der Waals surface area (Å²) in [6, 6.07) is 6.44. The normalized spacial score (nSPS) is 11.0. The quantitative estimate of drug-likeness (QED) is 0.309. The molecular weight excluding hydrogens is 326 g/mol. The molecule has 0 aliphatic rings. The van der Waals surface area contributed by atoms with Crippen LogP contribution in [-0.2, 0) is 6.54 Å². The van der Waals surface area contributed by atoms with Gasteiger partial charge in [0.05, 0.1) is 17.2 Å². The minimum absolute atomic E-state index is 0.00417. The van der Waals surface area contributed by atoms with E-state index in [0.29, 0.717) is 24.0 Å². The molecule has 0 fully saturated rings. The molecule has 0 aliphatic heterocycles. The van der Waals surface area contributed by atoms with Crippen LogP contribution in [0.4, 0.5) is 5.69 Å². The number of nitro groups is 1. The number of hydrogen-bond donors (Lipinski definition) is 0. The van der Waals surface area contributed by atoms with E-state index in [1.807, 2.05) is 6.92 Å². The van der Waals surface area contributed by atoms with Crippen molar-refractivity contribution < 1.29 is 9.66 Å². The van der Waals surface area contributed by atoms with E-state index >= 15 is 0 Å². The van der Waals surface area contributed by atoms with E-state index in [0.717, 1.165) is 17.4 Å². The van der Waals surface area contributed by atoms with E-state index < -0.39 is 4.92 Å². The fraction of sp³-hybridized carbons (Fsp3) is 0.471. The standard InChI is InChI=1S/C17H23N3O3S/c1-12(2)11-19-14(4)13(3)18-17(19)24-10-9-23-16-8-6-5-7-15(16)20(21)22/h5-8,12H,9-11H2,1-4H3. The summed E-state index contributed by atoms with van der Waals surface area (Å²) in [6.45, 7) is 9.78. The lowest BCUT2D eigenvalue weighted by Gasteiger charge is -2.12. The van der Waals surface area contributed by atoms with Crippen LogP contribution in [0, 0.1) is 29.9 Å². The van der Waals surface area contributed by atoms with Crippen LogP contribution in [0.1, 0.15) is 25.2 Å². The first-order chi connectivity index (χ1) is 11.4. The largest absolute Gasteiger partial charge is 0.486 e. The van der Waals surface area contributed by atoms with E-state index in [1.54, 1.807) is 30.0 Å². The summed E-state index contributed by atoms with van der Waals surface area (Å²) >= 11 is 1.61. The third-order valence-electron chi connectivity index (χ3n) is 3.60. The van der Waals surface area contributed by atoms with E-state index in [1.165, 1.54) is 11.8 Å². The third-order valence-corrected chi connectivity index (χ3v) is 4.55. The molecule has 0 saturated carbocycles. The van der Waals surface area contributed by atoms with Crippen molar-refractivity contribution in [3.63, 3.8) is 0 Å². The monoisotopic (exact) mass is 349 g/mol. The van der Waals surface area contributed by atoms with Gasteiger partial charge in [-0.1, -0.05) is 37.7 Å². The number of benzene rings is 1. The maximum Gasteiger partial charge on any atom is 0.310 e. The van der Waals surface area contributed by atoms with Crippen molar-refractivity contribution >= 4 is 17.4 Å². The lowest BCUT2D eigenvalue weighted by Crippen LogP contribution is -2.09. The second kappa shape index (κ2) is 8.19. The summed E-state index contributed by atoms with van der Waals surface area (Å²) in [4.78, 5) is 15.2. The lowest BCUT2D eigenvalue weighted by atomic mass is 10.2. The van der Waals surface area contributed by atoms with Crippen molar-refractivity contribution in [1.29, 1.82) is 0 Å². The number of thioether (sulfide) groups is 1. The Kier molecular flexibility index (Phi) is 6.25. The number of para-hydroxylation sites is 2. The molecular formula is C17H23N3O3S. The fourth-order valence-electron chi connectivity index (χ4n) is 2.33. The number of aromatic nitrogens is 2. The average Bonchev–Trinajstić information content (AvgIpc) is 2.79. The van der Waals surface area contributed by atoms with Crippen LogP contribution in [0.15, 0.2) is 29.4 Å². The predicted octanol–water partition coefficient (Wildman–Crippen LogP) is 4.24. The Balaban J connectivity index is 1.96. The molecule has 2 aromatic rings. The molecule has 0 atom stereocenters. The van der Waals surface area contributed by atoms with Crippen LogP contribution in [0.3, 0.4) is 0 Å². The molecule has 2 rings (SSSR count). The highest BCUT2D eigenvalue weighted by molar-refractivity contribution is 7.99. The minimum atomic E-state index is -0.426. The highest BCUT2D eigenvalue weighted by atomic mass is 32.2. The van der Waals surface area contributed by atoms with Crippen molar-refractivity contribution in [3.05, 3.63) is 45.8 Å². The summed E-state index contributed by atoms with van der Waals surface area (Å²) in [6.07, 6.45) is 0. The molecule has 0 saturated heterocycles. The highest BCUT2D eigenvalue weighted by Gasteiger charge is 2.15. The molecule has 24 heavy (non-hydrogen) atoms. The summed E-state index contributed by atoms with van der Waals surface area (Å²) in [5.41, 5.74) is 2.22. The van der Waals surface area contributed by atoms with Crippen LogP contribution in [0.5, 0.6) is 5.75 Å². The van der Waals surface area contributed by atoms with Gasteiger partial charge in [-0.3, -0.25) is 10.1 Å². The minimum Gasteiger partial charge on any atom is -0.486 e. The summed E-state index contributed by atoms with van der Waals surface area (Å²) < 4.78 is 7.81. The van der Waals surface area contributed by atoms with Gasteiger partial charge in [0, 0.05) is 24.1 Å². The van der Waals surface area contributed by atoms with Crippen LogP contribution >= 0.6 is 11.8 Å². The Morgan fingerprint density at radius 2 is 2.04 bits per heavy atom. The summed E-state index contributed by atoms with van der Waals surface area (Å²) in [7, 11) is 0. The number of aryl methyl sites for hydroxylation is 1. The van der Waals surface area contributed by atoms with E-state index in [9.17, 15) is 10.1 Å². The van der Waals surface area contributed by atoms with Crippen molar-refractivity contribution in [1.82, 2.24) is 9.55 Å². The second-order valence-corrected chi connectivity index (χ2v) is 7.05. The van der Waals surface area contributed by atoms with Gasteiger partial charge in [-0.25, -0.2) is 4.98 Å². The van der Waals surface area contributed by atoms with Gasteiger partial charge in [0.1, 0.15) is 0 Å². The maximum absolute atomic E-state index is 11.0. The maximum atomic E-state index is 11.0. The molecule has 7 heteroatoms. The number of ether oxygens (including phenoxy) is 1. The van der Waals surface area contributed by atoms with Crippen LogP contribution in [-0.4, -0.2) is 26.8 Å². The number of nitro benzene ring substituents is 1. The zero-order valence-electron chi connectivity index (χ0n) is 14.5. The molecule has 1 heterocycles. The molecule has 0 amide bonds. The van der Waals surface area contributed by atoms with Gasteiger partial charge < -0.3 is 9.30 Å². The fourth-order valence-corrected chi connectivity index (χ4v) is 3.25. The number of hydrogen-bond acceptors (Lipinski definition) is 5. The average molecular weight is 349 g/mol. The summed E-state index contributed by atoms with van der Waals surface area (Å²) in [5, 5.41) is 11.9. The van der Waals surface area contributed by atoms with E-state index in [2.05, 4.69) is 30.3 Å². The van der Waals surface area contributed by atoms with E-state index in [4.69, 9.17) is 4.74 Å². The third kappa shape index (κ3) is 4.50. The molecule has 0 radical (unpaired) electrons. The topological polar surface area (TPSA) is 70.2 Å². The molecule has 6 nitrogen and oxygen atoms in total. The first-order valence-corrected chi connectivity index (χ1v) is 8.91. The Morgan fingerprint density at radius 3 is 2.71 bits per heavy atom. The number of rotatable bonds is 8. The predicted molar refractivity (Wildman–Crippen MR) is 95.9 cm³/mol. The van der Waals surface area contributed by atoms with Gasteiger partial charge >= 0.3 is 5.69 Å². The van der Waals surface area contributed by atoms with Gasteiger partial charge in [0.15, 0.2) is 10.9 Å². The lowest BCUT2D eigenvalue weighted by molar-refractivity contribution is -0.385. The Morgan fingerprint density at radius 1 is 1.33 bits per heavy atom. The molecule has 0 aliphatic carbocycles. The zero-order valence-corrected chi connectivity index (χ0v) is 15.3. The molecule has 130 valence electrons. The van der Waals surface area contributed by atoms with E-state index in [-0.39, 0.29) is 5.69 Å². The SMILES string of the molecule is Cc1nc(SCCOc2ccccc2[N+](=O)[O-])n(CC(C)C)c1C. The Labute approximate surface area is 146 Å². The molecule has 0 unspecified atom stereocenters. The Bertz CT molecular complexity index is 713. The summed E-state index contributed by atoms with van der Waals surface area (Å²) in [5.74, 6) is 1.53. The van der Waals surface area contributed by atoms with Crippen LogP contribution in [0.2, 0.25) is 0 Å².